The van der Waals surface area contributed by atoms with Gasteiger partial charge in [0.05, 0.1) is 6.61 Å². The van der Waals surface area contributed by atoms with E-state index in [1.807, 2.05) is 24.3 Å². The largest absolute Gasteiger partial charge is 0.494 e. The molecule has 0 saturated carbocycles. The molecule has 0 bridgehead atoms. The van der Waals surface area contributed by atoms with Crippen LogP contribution in [-0.2, 0) is 4.74 Å². The molecule has 116 valence electrons. The monoisotopic (exact) mass is 290 g/mol. The highest BCUT2D eigenvalue weighted by atomic mass is 16.5. The van der Waals surface area contributed by atoms with E-state index in [1.165, 1.54) is 12.8 Å². The summed E-state index contributed by atoms with van der Waals surface area (Å²) in [6, 6.07) is 7.65. The fourth-order valence-corrected chi connectivity index (χ4v) is 1.75. The van der Waals surface area contributed by atoms with Gasteiger partial charge in [-0.3, -0.25) is 0 Å². The molecule has 0 saturated heterocycles. The van der Waals surface area contributed by atoms with Crippen molar-refractivity contribution in [2.75, 3.05) is 20.3 Å². The summed E-state index contributed by atoms with van der Waals surface area (Å²) in [4.78, 5) is 0. The maximum Gasteiger partial charge on any atom is 0.120 e. The SMILES string of the molecule is COCCCCCCOc1ccc(C#CC(C)(C)O)cc1. The summed E-state index contributed by atoms with van der Waals surface area (Å²) in [7, 11) is 1.73. The van der Waals surface area contributed by atoms with Gasteiger partial charge in [-0.25, -0.2) is 0 Å². The van der Waals surface area contributed by atoms with Crippen LogP contribution >= 0.6 is 0 Å². The van der Waals surface area contributed by atoms with Crippen LogP contribution in [0.4, 0.5) is 0 Å². The lowest BCUT2D eigenvalue weighted by molar-refractivity contribution is 0.143. The molecule has 0 aliphatic carbocycles. The van der Waals surface area contributed by atoms with E-state index in [9.17, 15) is 5.11 Å². The minimum atomic E-state index is -0.960. The molecule has 0 heterocycles. The maximum atomic E-state index is 9.55. The summed E-state index contributed by atoms with van der Waals surface area (Å²) in [6.07, 6.45) is 4.52. The third-order valence-electron chi connectivity index (χ3n) is 2.88. The lowest BCUT2D eigenvalue weighted by Crippen LogP contribution is -2.14. The van der Waals surface area contributed by atoms with Gasteiger partial charge >= 0.3 is 0 Å². The van der Waals surface area contributed by atoms with Crippen LogP contribution in [0.25, 0.3) is 0 Å². The normalized spacial score (nSPS) is 10.9. The first-order chi connectivity index (χ1) is 10.0. The van der Waals surface area contributed by atoms with Crippen molar-refractivity contribution in [2.24, 2.45) is 0 Å². The Morgan fingerprint density at radius 3 is 2.19 bits per heavy atom. The Morgan fingerprint density at radius 2 is 1.62 bits per heavy atom. The summed E-state index contributed by atoms with van der Waals surface area (Å²) in [5.74, 6) is 6.59. The molecule has 1 aromatic rings. The van der Waals surface area contributed by atoms with Crippen molar-refractivity contribution in [3.8, 4) is 17.6 Å². The van der Waals surface area contributed by atoms with E-state index in [1.54, 1.807) is 21.0 Å². The van der Waals surface area contributed by atoms with Crippen LogP contribution in [0.5, 0.6) is 5.75 Å². The summed E-state index contributed by atoms with van der Waals surface area (Å²) in [5.41, 5.74) is -0.0816. The van der Waals surface area contributed by atoms with E-state index in [2.05, 4.69) is 11.8 Å². The average Bonchev–Trinajstić information content (AvgIpc) is 2.44. The van der Waals surface area contributed by atoms with Crippen LogP contribution in [0.1, 0.15) is 45.1 Å². The molecule has 0 atom stereocenters. The number of rotatable bonds is 8. The number of ether oxygens (including phenoxy) is 2. The Balaban J connectivity index is 2.26. The molecule has 0 aliphatic heterocycles. The van der Waals surface area contributed by atoms with Crippen LogP contribution in [0, 0.1) is 11.8 Å². The summed E-state index contributed by atoms with van der Waals surface area (Å²) < 4.78 is 10.7. The molecule has 0 aromatic heterocycles. The molecule has 0 fully saturated rings. The molecule has 0 aliphatic rings. The minimum absolute atomic E-state index is 0.738. The van der Waals surface area contributed by atoms with Crippen molar-refractivity contribution < 1.29 is 14.6 Å². The first-order valence-corrected chi connectivity index (χ1v) is 7.48. The highest BCUT2D eigenvalue weighted by Gasteiger charge is 2.05. The molecule has 0 radical (unpaired) electrons. The maximum absolute atomic E-state index is 9.55. The summed E-state index contributed by atoms with van der Waals surface area (Å²) >= 11 is 0. The van der Waals surface area contributed by atoms with Crippen molar-refractivity contribution in [1.29, 1.82) is 0 Å². The van der Waals surface area contributed by atoms with Gasteiger partial charge in [0, 0.05) is 19.3 Å². The number of hydrogen-bond donors (Lipinski definition) is 1. The number of benzene rings is 1. The molecular weight excluding hydrogens is 264 g/mol. The highest BCUT2D eigenvalue weighted by Crippen LogP contribution is 2.13. The Morgan fingerprint density at radius 1 is 1.00 bits per heavy atom. The zero-order chi connectivity index (χ0) is 15.6. The van der Waals surface area contributed by atoms with E-state index in [0.717, 1.165) is 37.4 Å². The standard InChI is InChI=1S/C18H26O3/c1-18(2,19)13-12-16-8-10-17(11-9-16)21-15-7-5-4-6-14-20-3/h8-11,19H,4-7,14-15H2,1-3H3. The zero-order valence-electron chi connectivity index (χ0n) is 13.3. The molecule has 0 amide bonds. The number of hydrogen-bond acceptors (Lipinski definition) is 3. The van der Waals surface area contributed by atoms with E-state index < -0.39 is 5.60 Å². The minimum Gasteiger partial charge on any atom is -0.494 e. The highest BCUT2D eigenvalue weighted by molar-refractivity contribution is 5.39. The third kappa shape index (κ3) is 9.12. The molecule has 0 unspecified atom stereocenters. The van der Waals surface area contributed by atoms with Crippen LogP contribution in [0.2, 0.25) is 0 Å². The van der Waals surface area contributed by atoms with Gasteiger partial charge in [-0.15, -0.1) is 0 Å². The zero-order valence-corrected chi connectivity index (χ0v) is 13.3. The van der Waals surface area contributed by atoms with Gasteiger partial charge < -0.3 is 14.6 Å². The van der Waals surface area contributed by atoms with Crippen molar-refractivity contribution in [1.82, 2.24) is 0 Å². The molecule has 21 heavy (non-hydrogen) atoms. The van der Waals surface area contributed by atoms with Gasteiger partial charge in [-0.05, 0) is 57.4 Å². The first-order valence-electron chi connectivity index (χ1n) is 7.48. The van der Waals surface area contributed by atoms with E-state index >= 15 is 0 Å². The smallest absolute Gasteiger partial charge is 0.120 e. The van der Waals surface area contributed by atoms with E-state index in [4.69, 9.17) is 9.47 Å². The fourth-order valence-electron chi connectivity index (χ4n) is 1.75. The van der Waals surface area contributed by atoms with Crippen LogP contribution in [0.15, 0.2) is 24.3 Å². The fraction of sp³-hybridized carbons (Fsp3) is 0.556. The van der Waals surface area contributed by atoms with Crippen LogP contribution in [-0.4, -0.2) is 31.0 Å². The molecule has 0 spiro atoms. The van der Waals surface area contributed by atoms with Gasteiger partial charge in [0.2, 0.25) is 0 Å². The molecule has 3 nitrogen and oxygen atoms in total. The van der Waals surface area contributed by atoms with Gasteiger partial charge in [-0.2, -0.15) is 0 Å². The molecular formula is C18H26O3. The number of methoxy groups -OCH3 is 1. The lowest BCUT2D eigenvalue weighted by atomic mass is 10.1. The van der Waals surface area contributed by atoms with Gasteiger partial charge in [0.25, 0.3) is 0 Å². The molecule has 1 N–H and O–H groups in total. The van der Waals surface area contributed by atoms with Crippen molar-refractivity contribution >= 4 is 0 Å². The second-order valence-electron chi connectivity index (χ2n) is 5.59. The average molecular weight is 290 g/mol. The summed E-state index contributed by atoms with van der Waals surface area (Å²) in [6.45, 7) is 4.92. The van der Waals surface area contributed by atoms with Crippen LogP contribution in [0.3, 0.4) is 0 Å². The molecule has 3 heteroatoms. The second-order valence-corrected chi connectivity index (χ2v) is 5.59. The number of aliphatic hydroxyl groups is 1. The van der Waals surface area contributed by atoms with Crippen LogP contribution < -0.4 is 4.74 Å². The lowest BCUT2D eigenvalue weighted by Gasteiger charge is -2.07. The second kappa shape index (κ2) is 9.44. The Kier molecular flexibility index (Phi) is 7.89. The van der Waals surface area contributed by atoms with Crippen molar-refractivity contribution in [3.05, 3.63) is 29.8 Å². The summed E-state index contributed by atoms with van der Waals surface area (Å²) in [5, 5.41) is 9.55. The topological polar surface area (TPSA) is 38.7 Å². The third-order valence-corrected chi connectivity index (χ3v) is 2.88. The predicted molar refractivity (Wildman–Crippen MR) is 85.5 cm³/mol. The quantitative estimate of drug-likeness (QED) is 0.589. The van der Waals surface area contributed by atoms with Gasteiger partial charge in [0.1, 0.15) is 11.4 Å². The van der Waals surface area contributed by atoms with E-state index in [-0.39, 0.29) is 0 Å². The Bertz CT molecular complexity index is 446. The molecule has 1 rings (SSSR count). The first kappa shape index (κ1) is 17.6. The molecule has 1 aromatic carbocycles. The Labute approximate surface area is 128 Å². The Hall–Kier alpha value is -1.50. The van der Waals surface area contributed by atoms with Crippen molar-refractivity contribution in [2.45, 2.75) is 45.1 Å². The van der Waals surface area contributed by atoms with Gasteiger partial charge in [-0.1, -0.05) is 18.3 Å². The number of unbranched alkanes of at least 4 members (excludes halogenated alkanes) is 3. The van der Waals surface area contributed by atoms with Crippen molar-refractivity contribution in [3.63, 3.8) is 0 Å². The van der Waals surface area contributed by atoms with Gasteiger partial charge in [0.15, 0.2) is 0 Å². The predicted octanol–water partition coefficient (Wildman–Crippen LogP) is 3.39. The van der Waals surface area contributed by atoms with E-state index in [0.29, 0.717) is 0 Å².